The number of carbonyl (C=O) groups is 3. The van der Waals surface area contributed by atoms with Gasteiger partial charge in [0.2, 0.25) is 11.1 Å². The molecule has 0 saturated carbocycles. The van der Waals surface area contributed by atoms with Crippen LogP contribution in [0.2, 0.25) is 0 Å². The Morgan fingerprint density at radius 3 is 2.49 bits per heavy atom. The number of carbonyl (C=O) groups excluding carboxylic acids is 2. The Kier molecular flexibility index (Phi) is 7.41. The number of hydrogen-bond donors (Lipinski definition) is 3. The van der Waals surface area contributed by atoms with Crippen molar-refractivity contribution < 1.29 is 54.0 Å². The Hall–Kier alpha value is -2.43. The molecule has 0 aromatic carbocycles. The minimum atomic E-state index is -5.77. The highest BCUT2D eigenvalue weighted by atomic mass is 32.2. The SMILES string of the molecule is O=C(CS(=O)(=O)C(F)(F)F)NC1C(=O)N2C(C(=O)O)=C(CSc3nnnn3CS(=O)(=O)O)CS[C@H]12. The maximum Gasteiger partial charge on any atom is 0.497 e. The molecule has 0 bridgehead atoms. The number of alkyl halides is 3. The molecule has 1 aromatic heterocycles. The summed E-state index contributed by atoms with van der Waals surface area (Å²) in [6.45, 7) is 0. The van der Waals surface area contributed by atoms with Crippen LogP contribution in [0.3, 0.4) is 0 Å². The topological polar surface area (TPSA) is 219 Å². The lowest BCUT2D eigenvalue weighted by Gasteiger charge is -2.49. The van der Waals surface area contributed by atoms with Crippen molar-refractivity contribution in [3.05, 3.63) is 11.3 Å². The molecule has 22 heteroatoms. The monoisotopic (exact) mass is 582 g/mol. The van der Waals surface area contributed by atoms with Crippen LogP contribution in [-0.2, 0) is 40.2 Å². The van der Waals surface area contributed by atoms with Crippen LogP contribution in [0.4, 0.5) is 13.2 Å². The number of fused-ring (bicyclic) bond motifs is 1. The largest absolute Gasteiger partial charge is 0.497 e. The first kappa shape index (κ1) is 27.2. The smallest absolute Gasteiger partial charge is 0.477 e. The lowest BCUT2D eigenvalue weighted by atomic mass is 10.0. The fourth-order valence-corrected chi connectivity index (χ4v) is 6.47. The van der Waals surface area contributed by atoms with Gasteiger partial charge in [0.05, 0.1) is 0 Å². The summed E-state index contributed by atoms with van der Waals surface area (Å²) in [4.78, 5) is 36.9. The van der Waals surface area contributed by atoms with E-state index in [1.54, 1.807) is 0 Å². The Morgan fingerprint density at radius 1 is 1.26 bits per heavy atom. The third kappa shape index (κ3) is 5.87. The standard InChI is InChI=1S/C13H13F3N6O9S4/c14-13(15,16)34(27,28)3-6(23)17-7-9(24)22-8(11(25)26)5(1-32-10(7)22)2-33-12-18-19-20-21(12)4-35(29,30)31/h7,10H,1-4H2,(H,17,23)(H,25,26)(H,29,30,31)/t7?,10-/m1/s1. The molecular formula is C13H13F3N6O9S4. The zero-order chi connectivity index (χ0) is 26.3. The number of carboxylic acids is 1. The summed E-state index contributed by atoms with van der Waals surface area (Å²) in [5.74, 6) is -7.11. The minimum absolute atomic E-state index is 0.0177. The molecule has 35 heavy (non-hydrogen) atoms. The number of thioether (sulfide) groups is 2. The molecule has 0 aliphatic carbocycles. The molecule has 2 amide bonds. The van der Waals surface area contributed by atoms with E-state index in [1.165, 1.54) is 0 Å². The maximum atomic E-state index is 12.5. The predicted molar refractivity (Wildman–Crippen MR) is 110 cm³/mol. The van der Waals surface area contributed by atoms with Gasteiger partial charge in [-0.25, -0.2) is 17.9 Å². The number of β-lactam (4-membered cyclic amide) rings is 1. The fraction of sp³-hybridized carbons (Fsp3) is 0.538. The van der Waals surface area contributed by atoms with E-state index in [0.29, 0.717) is 0 Å². The van der Waals surface area contributed by atoms with Crippen LogP contribution in [0.5, 0.6) is 0 Å². The summed E-state index contributed by atoms with van der Waals surface area (Å²) in [5.41, 5.74) is -5.94. The number of aliphatic carboxylic acids is 1. The second-order valence-electron chi connectivity index (χ2n) is 6.88. The normalized spacial score (nSPS) is 20.9. The number of rotatable bonds is 9. The number of tetrazole rings is 1. The highest BCUT2D eigenvalue weighted by Crippen LogP contribution is 2.41. The molecule has 0 spiro atoms. The average Bonchev–Trinajstić information content (AvgIpc) is 3.13. The summed E-state index contributed by atoms with van der Waals surface area (Å²) in [5, 5.41) is 20.6. The van der Waals surface area contributed by atoms with Crippen molar-refractivity contribution in [2.75, 3.05) is 17.3 Å². The zero-order valence-corrected chi connectivity index (χ0v) is 20.0. The van der Waals surface area contributed by atoms with Gasteiger partial charge in [0.25, 0.3) is 25.9 Å². The van der Waals surface area contributed by atoms with Crippen molar-refractivity contribution in [3.63, 3.8) is 0 Å². The van der Waals surface area contributed by atoms with Crippen molar-refractivity contribution in [3.8, 4) is 0 Å². The summed E-state index contributed by atoms with van der Waals surface area (Å²) >= 11 is 1.77. The fourth-order valence-electron chi connectivity index (χ4n) is 2.95. The second kappa shape index (κ2) is 9.55. The van der Waals surface area contributed by atoms with E-state index in [9.17, 15) is 49.5 Å². The molecule has 3 heterocycles. The number of carboxylic acid groups (broad SMARTS) is 1. The van der Waals surface area contributed by atoms with Crippen LogP contribution in [-0.4, -0.2) is 104 Å². The average molecular weight is 583 g/mol. The van der Waals surface area contributed by atoms with Gasteiger partial charge in [-0.3, -0.25) is 19.0 Å². The van der Waals surface area contributed by atoms with Crippen molar-refractivity contribution >= 4 is 61.3 Å². The van der Waals surface area contributed by atoms with Crippen LogP contribution < -0.4 is 5.32 Å². The molecule has 2 aliphatic rings. The van der Waals surface area contributed by atoms with Crippen molar-refractivity contribution in [1.82, 2.24) is 30.4 Å². The van der Waals surface area contributed by atoms with Gasteiger partial charge < -0.3 is 10.4 Å². The van der Waals surface area contributed by atoms with E-state index in [-0.39, 0.29) is 22.2 Å². The molecular weight excluding hydrogens is 569 g/mol. The van der Waals surface area contributed by atoms with Crippen molar-refractivity contribution in [2.45, 2.75) is 28.0 Å². The van der Waals surface area contributed by atoms with Gasteiger partial charge in [-0.1, -0.05) is 11.8 Å². The van der Waals surface area contributed by atoms with Crippen molar-refractivity contribution in [1.29, 1.82) is 0 Å². The second-order valence-corrected chi connectivity index (χ2v) is 12.3. The number of halogens is 3. The molecule has 2 aliphatic heterocycles. The van der Waals surface area contributed by atoms with E-state index in [4.69, 9.17) is 4.55 Å². The number of amides is 2. The summed E-state index contributed by atoms with van der Waals surface area (Å²) < 4.78 is 91.4. The van der Waals surface area contributed by atoms with E-state index >= 15 is 0 Å². The molecule has 1 saturated heterocycles. The summed E-state index contributed by atoms with van der Waals surface area (Å²) in [7, 11) is -10.2. The first-order valence-electron chi connectivity index (χ1n) is 8.84. The quantitative estimate of drug-likeness (QED) is 0.168. The molecule has 2 atom stereocenters. The number of nitrogens with zero attached hydrogens (tertiary/aromatic N) is 5. The number of aromatic nitrogens is 4. The molecule has 1 unspecified atom stereocenters. The van der Waals surface area contributed by atoms with Gasteiger partial charge in [0.15, 0.2) is 5.88 Å². The van der Waals surface area contributed by atoms with Gasteiger partial charge in [0.1, 0.15) is 22.9 Å². The first-order valence-corrected chi connectivity index (χ1v) is 14.1. The van der Waals surface area contributed by atoms with Crippen LogP contribution in [0.1, 0.15) is 0 Å². The van der Waals surface area contributed by atoms with Crippen LogP contribution in [0.25, 0.3) is 0 Å². The van der Waals surface area contributed by atoms with Crippen LogP contribution >= 0.6 is 23.5 Å². The van der Waals surface area contributed by atoms with Gasteiger partial charge in [-0.2, -0.15) is 21.6 Å². The Morgan fingerprint density at radius 2 is 1.91 bits per heavy atom. The molecule has 3 N–H and O–H groups in total. The highest BCUT2D eigenvalue weighted by molar-refractivity contribution is 8.01. The Balaban J connectivity index is 1.72. The number of nitrogens with one attached hydrogen (secondary N) is 1. The number of hydrogen-bond acceptors (Lipinski definition) is 12. The molecule has 1 fully saturated rings. The minimum Gasteiger partial charge on any atom is -0.477 e. The number of sulfone groups is 1. The third-order valence-corrected chi connectivity index (χ3v) is 8.70. The molecule has 15 nitrogen and oxygen atoms in total. The molecule has 3 rings (SSSR count). The van der Waals surface area contributed by atoms with Gasteiger partial charge >= 0.3 is 11.5 Å². The zero-order valence-electron chi connectivity index (χ0n) is 16.7. The highest BCUT2D eigenvalue weighted by Gasteiger charge is 2.55. The van der Waals surface area contributed by atoms with Gasteiger partial charge in [-0.05, 0) is 16.0 Å². The van der Waals surface area contributed by atoms with Gasteiger partial charge in [0, 0.05) is 11.5 Å². The van der Waals surface area contributed by atoms with Crippen LogP contribution in [0.15, 0.2) is 16.4 Å². The Bertz CT molecular complexity index is 1310. The van der Waals surface area contributed by atoms with E-state index in [0.717, 1.165) is 33.1 Å². The summed E-state index contributed by atoms with van der Waals surface area (Å²) in [6.07, 6.45) is 0. The third-order valence-electron chi connectivity index (χ3n) is 4.40. The molecule has 194 valence electrons. The molecule has 0 radical (unpaired) electrons. The lowest BCUT2D eigenvalue weighted by molar-refractivity contribution is -0.150. The summed E-state index contributed by atoms with van der Waals surface area (Å²) in [6, 6.07) is -1.44. The lowest BCUT2D eigenvalue weighted by Crippen LogP contribution is -2.71. The van der Waals surface area contributed by atoms with Crippen molar-refractivity contribution in [2.24, 2.45) is 0 Å². The maximum absolute atomic E-state index is 12.5. The Labute approximate surface area is 202 Å². The molecule has 1 aromatic rings. The van der Waals surface area contributed by atoms with E-state index in [1.807, 2.05) is 5.32 Å². The van der Waals surface area contributed by atoms with E-state index < -0.39 is 72.0 Å². The van der Waals surface area contributed by atoms with E-state index in [2.05, 4.69) is 15.5 Å². The predicted octanol–water partition coefficient (Wildman–Crippen LogP) is -1.72. The first-order chi connectivity index (χ1) is 16.0. The van der Waals surface area contributed by atoms with Gasteiger partial charge in [-0.15, -0.1) is 16.9 Å². The van der Waals surface area contributed by atoms with Crippen LogP contribution in [0, 0.1) is 0 Å².